The molecule has 0 spiro atoms. The number of hydrogen-bond donors (Lipinski definition) is 1. The van der Waals surface area contributed by atoms with E-state index in [1.807, 2.05) is 0 Å². The molecule has 2 rings (SSSR count). The van der Waals surface area contributed by atoms with Crippen LogP contribution in [0, 0.1) is 0 Å². The molecule has 1 aromatic carbocycles. The molecule has 0 amide bonds. The molecule has 0 unspecified atom stereocenters. The van der Waals surface area contributed by atoms with Gasteiger partial charge in [0.05, 0.1) is 0 Å². The van der Waals surface area contributed by atoms with Crippen LogP contribution in [0.5, 0.6) is 5.75 Å². The summed E-state index contributed by atoms with van der Waals surface area (Å²) >= 11 is 0. The van der Waals surface area contributed by atoms with Gasteiger partial charge in [0, 0.05) is 6.04 Å². The van der Waals surface area contributed by atoms with Gasteiger partial charge in [0.15, 0.2) is 0 Å². The van der Waals surface area contributed by atoms with Crippen molar-refractivity contribution in [2.75, 3.05) is 0 Å². The smallest absolute Gasteiger partial charge is 0.405 e. The van der Waals surface area contributed by atoms with Crippen molar-refractivity contribution in [2.45, 2.75) is 25.2 Å². The molecular formula is C10H10F3NO. The second-order valence-electron chi connectivity index (χ2n) is 3.52. The lowest BCUT2D eigenvalue weighted by molar-refractivity contribution is -0.274. The van der Waals surface area contributed by atoms with E-state index in [4.69, 9.17) is 5.73 Å². The zero-order valence-corrected chi connectivity index (χ0v) is 7.84. The lowest BCUT2D eigenvalue weighted by Gasteiger charge is -2.12. The van der Waals surface area contributed by atoms with E-state index in [2.05, 4.69) is 4.74 Å². The van der Waals surface area contributed by atoms with Crippen molar-refractivity contribution in [1.29, 1.82) is 0 Å². The van der Waals surface area contributed by atoms with Gasteiger partial charge in [0.1, 0.15) is 5.75 Å². The van der Waals surface area contributed by atoms with Gasteiger partial charge in [-0.15, -0.1) is 13.2 Å². The summed E-state index contributed by atoms with van der Waals surface area (Å²) in [5.41, 5.74) is 7.09. The zero-order chi connectivity index (χ0) is 11.1. The molecule has 0 saturated carbocycles. The largest absolute Gasteiger partial charge is 0.573 e. The Bertz CT molecular complexity index is 375. The van der Waals surface area contributed by atoms with Gasteiger partial charge in [0.2, 0.25) is 0 Å². The molecule has 1 aromatic rings. The summed E-state index contributed by atoms with van der Waals surface area (Å²) in [6.45, 7) is 0. The van der Waals surface area contributed by atoms with Gasteiger partial charge in [-0.05, 0) is 30.0 Å². The predicted molar refractivity (Wildman–Crippen MR) is 48.4 cm³/mol. The van der Waals surface area contributed by atoms with Crippen LogP contribution in [0.4, 0.5) is 13.2 Å². The van der Waals surface area contributed by atoms with Crippen molar-refractivity contribution in [3.63, 3.8) is 0 Å². The van der Waals surface area contributed by atoms with E-state index in [1.165, 1.54) is 12.1 Å². The van der Waals surface area contributed by atoms with Crippen molar-refractivity contribution in [3.05, 3.63) is 29.3 Å². The number of hydrogen-bond acceptors (Lipinski definition) is 2. The fraction of sp³-hybridized carbons (Fsp3) is 0.400. The van der Waals surface area contributed by atoms with Crippen LogP contribution in [0.25, 0.3) is 0 Å². The van der Waals surface area contributed by atoms with Gasteiger partial charge in [-0.3, -0.25) is 0 Å². The Balaban J connectivity index is 2.34. The third-order valence-corrected chi connectivity index (χ3v) is 2.50. The summed E-state index contributed by atoms with van der Waals surface area (Å²) in [5, 5.41) is 0. The molecule has 2 N–H and O–H groups in total. The van der Waals surface area contributed by atoms with Crippen LogP contribution in [0.1, 0.15) is 23.6 Å². The Hall–Kier alpha value is -1.23. The topological polar surface area (TPSA) is 35.2 Å². The summed E-state index contributed by atoms with van der Waals surface area (Å²) in [6, 6.07) is 4.43. The van der Waals surface area contributed by atoms with Gasteiger partial charge in [-0.1, -0.05) is 12.1 Å². The number of rotatable bonds is 1. The number of halogens is 3. The van der Waals surface area contributed by atoms with E-state index < -0.39 is 6.36 Å². The van der Waals surface area contributed by atoms with Gasteiger partial charge < -0.3 is 10.5 Å². The van der Waals surface area contributed by atoms with Crippen LogP contribution in [-0.2, 0) is 6.42 Å². The highest BCUT2D eigenvalue weighted by molar-refractivity contribution is 5.44. The molecule has 5 heteroatoms. The third kappa shape index (κ3) is 2.07. The molecule has 15 heavy (non-hydrogen) atoms. The average molecular weight is 217 g/mol. The second-order valence-corrected chi connectivity index (χ2v) is 3.52. The molecule has 0 radical (unpaired) electrons. The first-order chi connectivity index (χ1) is 6.97. The molecule has 0 bridgehead atoms. The van der Waals surface area contributed by atoms with Crippen LogP contribution < -0.4 is 10.5 Å². The van der Waals surface area contributed by atoms with Crippen LogP contribution >= 0.6 is 0 Å². The summed E-state index contributed by atoms with van der Waals surface area (Å²) in [4.78, 5) is 0. The molecule has 0 saturated heterocycles. The Morgan fingerprint density at radius 3 is 2.73 bits per heavy atom. The molecule has 0 aliphatic heterocycles. The number of benzene rings is 1. The summed E-state index contributed by atoms with van der Waals surface area (Å²) in [6.07, 6.45) is -3.42. The van der Waals surface area contributed by atoms with E-state index >= 15 is 0 Å². The Kier molecular flexibility index (Phi) is 2.34. The van der Waals surface area contributed by atoms with Crippen molar-refractivity contribution >= 4 is 0 Å². The number of alkyl halides is 3. The first-order valence-electron chi connectivity index (χ1n) is 4.60. The fourth-order valence-electron chi connectivity index (χ4n) is 1.87. The van der Waals surface area contributed by atoms with E-state index in [0.717, 1.165) is 5.56 Å². The number of ether oxygens (including phenoxy) is 1. The van der Waals surface area contributed by atoms with E-state index in [-0.39, 0.29) is 11.8 Å². The van der Waals surface area contributed by atoms with Gasteiger partial charge in [-0.25, -0.2) is 0 Å². The average Bonchev–Trinajstić information content (AvgIpc) is 2.47. The molecular weight excluding hydrogens is 207 g/mol. The third-order valence-electron chi connectivity index (χ3n) is 2.50. The van der Waals surface area contributed by atoms with Crippen molar-refractivity contribution in [2.24, 2.45) is 5.73 Å². The van der Waals surface area contributed by atoms with E-state index in [9.17, 15) is 13.2 Å². The van der Waals surface area contributed by atoms with Crippen molar-refractivity contribution in [3.8, 4) is 5.75 Å². The molecule has 1 atom stereocenters. The minimum Gasteiger partial charge on any atom is -0.405 e. The maximum absolute atomic E-state index is 12.1. The van der Waals surface area contributed by atoms with Crippen LogP contribution in [0.3, 0.4) is 0 Å². The van der Waals surface area contributed by atoms with Crippen LogP contribution in [-0.4, -0.2) is 6.36 Å². The quantitative estimate of drug-likeness (QED) is 0.784. The van der Waals surface area contributed by atoms with Crippen LogP contribution in [0.15, 0.2) is 18.2 Å². The zero-order valence-electron chi connectivity index (χ0n) is 7.84. The number of fused-ring (bicyclic) bond motifs is 1. The van der Waals surface area contributed by atoms with Gasteiger partial charge in [0.25, 0.3) is 0 Å². The fourth-order valence-corrected chi connectivity index (χ4v) is 1.87. The summed E-state index contributed by atoms with van der Waals surface area (Å²) in [5.74, 6) is -0.118. The predicted octanol–water partition coefficient (Wildman–Crippen LogP) is 2.53. The van der Waals surface area contributed by atoms with Crippen LogP contribution in [0.2, 0.25) is 0 Å². The van der Waals surface area contributed by atoms with E-state index in [0.29, 0.717) is 18.4 Å². The molecule has 82 valence electrons. The highest BCUT2D eigenvalue weighted by Gasteiger charge is 2.33. The molecule has 0 fully saturated rings. The lowest BCUT2D eigenvalue weighted by Crippen LogP contribution is -2.18. The summed E-state index contributed by atoms with van der Waals surface area (Å²) < 4.78 is 40.1. The summed E-state index contributed by atoms with van der Waals surface area (Å²) in [7, 11) is 0. The molecule has 0 heterocycles. The standard InChI is InChI=1S/C10H10F3NO/c11-10(12,13)15-9-3-1-2-6-7(9)4-5-8(6)14/h1-3,8H,4-5,14H2/t8-/m0/s1. The molecule has 2 nitrogen and oxygen atoms in total. The van der Waals surface area contributed by atoms with Crippen molar-refractivity contribution in [1.82, 2.24) is 0 Å². The minimum atomic E-state index is -4.64. The molecule has 0 aromatic heterocycles. The Labute approximate surface area is 84.8 Å². The number of nitrogens with two attached hydrogens (primary N) is 1. The highest BCUT2D eigenvalue weighted by atomic mass is 19.4. The van der Waals surface area contributed by atoms with Gasteiger partial charge >= 0.3 is 6.36 Å². The van der Waals surface area contributed by atoms with Crippen molar-refractivity contribution < 1.29 is 17.9 Å². The second kappa shape index (κ2) is 3.41. The molecule has 1 aliphatic carbocycles. The maximum Gasteiger partial charge on any atom is 0.573 e. The first-order valence-corrected chi connectivity index (χ1v) is 4.60. The van der Waals surface area contributed by atoms with E-state index in [1.54, 1.807) is 6.07 Å². The van der Waals surface area contributed by atoms with Gasteiger partial charge in [-0.2, -0.15) is 0 Å². The lowest BCUT2D eigenvalue weighted by atomic mass is 10.1. The Morgan fingerprint density at radius 1 is 1.33 bits per heavy atom. The maximum atomic E-state index is 12.1. The molecule has 1 aliphatic rings. The highest BCUT2D eigenvalue weighted by Crippen LogP contribution is 2.37. The monoisotopic (exact) mass is 217 g/mol. The minimum absolute atomic E-state index is 0.118. The SMILES string of the molecule is N[C@H]1CCc2c(OC(F)(F)F)cccc21. The Morgan fingerprint density at radius 2 is 2.07 bits per heavy atom. The first kappa shape index (κ1) is 10.3. The normalized spacial score (nSPS) is 20.1.